The summed E-state index contributed by atoms with van der Waals surface area (Å²) >= 11 is 0. The molecule has 0 rings (SSSR count). The second-order valence-electron chi connectivity index (χ2n) is 27.3. The van der Waals surface area contributed by atoms with E-state index in [9.17, 15) is 19.4 Å². The normalized spacial score (nSPS) is 13.9. The molecule has 8 nitrogen and oxygen atoms in total. The lowest BCUT2D eigenvalue weighted by molar-refractivity contribution is -0.870. The van der Waals surface area contributed by atoms with Crippen molar-refractivity contribution >= 4 is 13.7 Å². The summed E-state index contributed by atoms with van der Waals surface area (Å²) in [4.78, 5) is 25.7. The minimum atomic E-state index is -4.62. The van der Waals surface area contributed by atoms with Gasteiger partial charge in [-0.3, -0.25) is 9.36 Å². The number of phosphoric ester groups is 1. The fourth-order valence-electron chi connectivity index (χ4n) is 11.5. The van der Waals surface area contributed by atoms with Gasteiger partial charge in [0, 0.05) is 6.42 Å². The lowest BCUT2D eigenvalue weighted by Gasteiger charge is -2.29. The van der Waals surface area contributed by atoms with E-state index in [4.69, 9.17) is 9.05 Å². The number of nitrogens with one attached hydrogen (secondary N) is 1. The highest BCUT2D eigenvalue weighted by molar-refractivity contribution is 7.45. The first-order valence-electron chi connectivity index (χ1n) is 38.2. The molecule has 0 aliphatic carbocycles. The number of quaternary nitrogens is 1. The van der Waals surface area contributed by atoms with E-state index in [2.05, 4.69) is 67.8 Å². The SMILES string of the molecule is CCCCCCC/C=C\C/C=C\CCCCCCCCCCCCCCCCCCCCCCCCCC(=O)NC(COP(=O)([O-])OCC[N+](C)(C)C)C(O)/C=C/CC/C=C/CC/C=C/CCCCCCCCCCCCCCCCCCCCCC. The van der Waals surface area contributed by atoms with Crippen molar-refractivity contribution in [3.63, 3.8) is 0 Å². The van der Waals surface area contributed by atoms with E-state index in [1.807, 2.05) is 27.2 Å². The Balaban J connectivity index is 4.04. The van der Waals surface area contributed by atoms with Gasteiger partial charge in [-0.1, -0.05) is 357 Å². The maximum absolute atomic E-state index is 13.1. The minimum absolute atomic E-state index is 0.00851. The summed E-state index contributed by atoms with van der Waals surface area (Å²) < 4.78 is 23.5. The van der Waals surface area contributed by atoms with Gasteiger partial charge in [0.25, 0.3) is 7.82 Å². The molecule has 0 spiro atoms. The maximum Gasteiger partial charge on any atom is 0.268 e. The van der Waals surface area contributed by atoms with Crippen LogP contribution in [0.3, 0.4) is 0 Å². The zero-order chi connectivity index (χ0) is 63.4. The molecule has 0 radical (unpaired) electrons. The smallest absolute Gasteiger partial charge is 0.268 e. The van der Waals surface area contributed by atoms with Crippen LogP contribution in [0.2, 0.25) is 0 Å². The number of likely N-dealkylation sites (N-methyl/N-ethyl adjacent to an activating group) is 1. The van der Waals surface area contributed by atoms with Gasteiger partial charge < -0.3 is 28.8 Å². The number of rotatable bonds is 71. The average Bonchev–Trinajstić information content (AvgIpc) is 3.70. The number of phosphoric acid groups is 1. The number of aliphatic hydroxyl groups is 1. The number of hydrogen-bond acceptors (Lipinski definition) is 6. The largest absolute Gasteiger partial charge is 0.756 e. The molecule has 0 aromatic heterocycles. The summed E-state index contributed by atoms with van der Waals surface area (Å²) in [6.07, 6.45) is 95.2. The van der Waals surface area contributed by atoms with Gasteiger partial charge in [0.15, 0.2) is 0 Å². The second kappa shape index (κ2) is 68.6. The van der Waals surface area contributed by atoms with Crippen molar-refractivity contribution in [3.05, 3.63) is 60.8 Å². The minimum Gasteiger partial charge on any atom is -0.756 e. The van der Waals surface area contributed by atoms with Crippen LogP contribution in [0.5, 0.6) is 0 Å². The molecule has 0 bridgehead atoms. The highest BCUT2D eigenvalue weighted by Gasteiger charge is 2.23. The highest BCUT2D eigenvalue weighted by atomic mass is 31.2. The summed E-state index contributed by atoms with van der Waals surface area (Å²) in [7, 11) is 1.25. The van der Waals surface area contributed by atoms with Crippen molar-refractivity contribution in [2.45, 2.75) is 392 Å². The summed E-state index contributed by atoms with van der Waals surface area (Å²) in [5, 5.41) is 14.0. The number of nitrogens with zero attached hydrogens (tertiary/aromatic N) is 1. The van der Waals surface area contributed by atoms with E-state index in [1.165, 1.54) is 308 Å². The predicted octanol–water partition coefficient (Wildman–Crippen LogP) is 24.1. The third kappa shape index (κ3) is 71.5. The van der Waals surface area contributed by atoms with Crippen LogP contribution in [0.15, 0.2) is 60.8 Å². The van der Waals surface area contributed by atoms with Crippen molar-refractivity contribution in [2.75, 3.05) is 40.9 Å². The Kier molecular flexibility index (Phi) is 67.1. The molecule has 3 atom stereocenters. The number of hydrogen-bond donors (Lipinski definition) is 2. The summed E-state index contributed by atoms with van der Waals surface area (Å²) in [5.41, 5.74) is 0. The van der Waals surface area contributed by atoms with Crippen LogP contribution in [0, 0.1) is 0 Å². The lowest BCUT2D eigenvalue weighted by Crippen LogP contribution is -2.45. The van der Waals surface area contributed by atoms with Crippen LogP contribution < -0.4 is 10.2 Å². The van der Waals surface area contributed by atoms with Gasteiger partial charge in [-0.2, -0.15) is 0 Å². The number of unbranched alkanes of at least 4 members (excludes halogenated alkanes) is 50. The zero-order valence-electron chi connectivity index (χ0n) is 58.7. The van der Waals surface area contributed by atoms with E-state index in [1.54, 1.807) is 6.08 Å². The first kappa shape index (κ1) is 85.2. The summed E-state index contributed by atoms with van der Waals surface area (Å²) in [6.45, 7) is 4.66. The Morgan fingerprint density at radius 1 is 0.402 bits per heavy atom. The van der Waals surface area contributed by atoms with Crippen molar-refractivity contribution in [3.8, 4) is 0 Å². The second-order valence-corrected chi connectivity index (χ2v) is 28.7. The molecule has 0 saturated heterocycles. The molecule has 1 amide bonds. The van der Waals surface area contributed by atoms with Crippen LogP contribution >= 0.6 is 7.82 Å². The van der Waals surface area contributed by atoms with Crippen molar-refractivity contribution in [2.24, 2.45) is 0 Å². The Labute approximate surface area is 542 Å². The van der Waals surface area contributed by atoms with Gasteiger partial charge in [-0.15, -0.1) is 0 Å². The van der Waals surface area contributed by atoms with Gasteiger partial charge in [0.1, 0.15) is 13.2 Å². The fraction of sp³-hybridized carbons (Fsp3) is 0.859. The topological polar surface area (TPSA) is 108 Å². The van der Waals surface area contributed by atoms with E-state index in [0.29, 0.717) is 17.4 Å². The first-order valence-corrected chi connectivity index (χ1v) is 39.6. The molecule has 3 unspecified atom stereocenters. The Hall–Kier alpha value is -1.80. The Morgan fingerprint density at radius 3 is 1.00 bits per heavy atom. The Morgan fingerprint density at radius 2 is 0.678 bits per heavy atom. The van der Waals surface area contributed by atoms with E-state index < -0.39 is 26.6 Å². The monoisotopic (exact) mass is 1240 g/mol. The molecule has 0 heterocycles. The van der Waals surface area contributed by atoms with Crippen LogP contribution in [0.4, 0.5) is 0 Å². The van der Waals surface area contributed by atoms with Crippen molar-refractivity contribution < 1.29 is 32.9 Å². The molecule has 512 valence electrons. The van der Waals surface area contributed by atoms with Gasteiger partial charge >= 0.3 is 0 Å². The predicted molar refractivity (Wildman–Crippen MR) is 381 cm³/mol. The molecule has 0 aliphatic rings. The average molecular weight is 1240 g/mol. The van der Waals surface area contributed by atoms with Crippen molar-refractivity contribution in [1.29, 1.82) is 0 Å². The molecule has 0 aromatic carbocycles. The van der Waals surface area contributed by atoms with Gasteiger partial charge in [0.05, 0.1) is 39.9 Å². The highest BCUT2D eigenvalue weighted by Crippen LogP contribution is 2.38. The van der Waals surface area contributed by atoms with E-state index in [0.717, 1.165) is 51.4 Å². The molecular weight excluding hydrogens is 1090 g/mol. The van der Waals surface area contributed by atoms with E-state index in [-0.39, 0.29) is 12.5 Å². The van der Waals surface area contributed by atoms with Crippen LogP contribution in [-0.4, -0.2) is 68.5 Å². The van der Waals surface area contributed by atoms with Crippen LogP contribution in [0.25, 0.3) is 0 Å². The number of carbonyl (C=O) groups is 1. The first-order chi connectivity index (χ1) is 42.5. The molecule has 0 aliphatic heterocycles. The van der Waals surface area contributed by atoms with E-state index >= 15 is 0 Å². The summed E-state index contributed by atoms with van der Waals surface area (Å²) in [5.74, 6) is -0.205. The third-order valence-corrected chi connectivity index (χ3v) is 18.4. The number of aliphatic hydroxyl groups excluding tert-OH is 1. The molecule has 87 heavy (non-hydrogen) atoms. The maximum atomic E-state index is 13.1. The summed E-state index contributed by atoms with van der Waals surface area (Å²) in [6, 6.07) is -0.912. The molecule has 9 heteroatoms. The molecular formula is C78H149N2O6P. The van der Waals surface area contributed by atoms with Gasteiger partial charge in [-0.25, -0.2) is 0 Å². The fourth-order valence-corrected chi connectivity index (χ4v) is 12.2. The Bertz CT molecular complexity index is 1600. The third-order valence-electron chi connectivity index (χ3n) is 17.4. The quantitative estimate of drug-likeness (QED) is 0.0272. The van der Waals surface area contributed by atoms with Crippen molar-refractivity contribution in [1.82, 2.24) is 5.32 Å². The molecule has 0 saturated carbocycles. The van der Waals surface area contributed by atoms with Gasteiger partial charge in [0.2, 0.25) is 5.91 Å². The number of allylic oxidation sites excluding steroid dienone is 9. The zero-order valence-corrected chi connectivity index (χ0v) is 59.6. The van der Waals surface area contributed by atoms with Crippen LogP contribution in [-0.2, 0) is 18.4 Å². The number of amides is 1. The van der Waals surface area contributed by atoms with Crippen LogP contribution in [0.1, 0.15) is 380 Å². The molecule has 2 N–H and O–H groups in total. The van der Waals surface area contributed by atoms with Gasteiger partial charge in [-0.05, 0) is 77.0 Å². The number of carbonyl (C=O) groups excluding carboxylic acids is 1. The standard InChI is InChI=1S/C78H149N2O6P/c1-6-8-10-12-14-16-18-20-22-24-26-28-30-32-34-36-38-39-40-41-42-44-46-48-50-52-54-56-58-60-62-64-66-68-70-72-78(82)79-76(75-86-87(83,84)85-74-73-80(3,4)5)77(81)71-69-67-65-63-61-59-57-55-53-51-49-47-45-43-37-35-33-31-29-27-25-23-21-19-17-15-13-11-9-7-2/h18,20,24,26,53,55,61,63,69,71,76-77,81H,6-17,19,21-23,25,27-52,54,56-60,62,64-68,70,72-75H2,1-5H3,(H-,79,82,83,84)/b20-18-,26-24-,55-53+,63-61+,71-69+. The lowest BCUT2D eigenvalue weighted by atomic mass is 10.0. The molecule has 0 fully saturated rings. The molecule has 0 aromatic rings.